The molecule has 0 amide bonds. The minimum atomic E-state index is 0.476. The Bertz CT molecular complexity index is 349. The molecular formula is C16H28N2. The first kappa shape index (κ1) is 15.2. The first-order valence-electron chi connectivity index (χ1n) is 7.05. The van der Waals surface area contributed by atoms with Gasteiger partial charge >= 0.3 is 0 Å². The molecule has 0 saturated carbocycles. The second-order valence-electron chi connectivity index (χ2n) is 5.41. The van der Waals surface area contributed by atoms with Crippen LogP contribution in [0.3, 0.4) is 0 Å². The lowest BCUT2D eigenvalue weighted by Crippen LogP contribution is -2.42. The standard InChI is InChI=1S/C16H28N2/c1-5-8-14(3)16(11-17)18(4)12-15-10-7-6-9-13(15)2/h6-7,9-10,14,16H,5,8,11-12,17H2,1-4H3. The van der Waals surface area contributed by atoms with E-state index in [9.17, 15) is 0 Å². The minimum absolute atomic E-state index is 0.476. The third kappa shape index (κ3) is 4.11. The van der Waals surface area contributed by atoms with Crippen molar-refractivity contribution in [2.24, 2.45) is 11.7 Å². The van der Waals surface area contributed by atoms with Gasteiger partial charge in [-0.05, 0) is 37.4 Å². The summed E-state index contributed by atoms with van der Waals surface area (Å²) in [5.41, 5.74) is 8.72. The summed E-state index contributed by atoms with van der Waals surface area (Å²) in [6.07, 6.45) is 2.48. The number of nitrogens with two attached hydrogens (primary N) is 1. The highest BCUT2D eigenvalue weighted by molar-refractivity contribution is 5.25. The Kier molecular flexibility index (Phi) is 6.37. The molecule has 0 aliphatic rings. The molecule has 0 saturated heterocycles. The van der Waals surface area contributed by atoms with Gasteiger partial charge in [-0.2, -0.15) is 0 Å². The highest BCUT2D eigenvalue weighted by Crippen LogP contribution is 2.18. The van der Waals surface area contributed by atoms with Crippen molar-refractivity contribution in [1.82, 2.24) is 4.90 Å². The SMILES string of the molecule is CCCC(C)C(CN)N(C)Cc1ccccc1C. The lowest BCUT2D eigenvalue weighted by Gasteiger charge is -2.32. The van der Waals surface area contributed by atoms with Crippen LogP contribution in [-0.4, -0.2) is 24.5 Å². The van der Waals surface area contributed by atoms with Crippen molar-refractivity contribution in [3.63, 3.8) is 0 Å². The van der Waals surface area contributed by atoms with Gasteiger partial charge in [0.25, 0.3) is 0 Å². The molecule has 2 heteroatoms. The molecule has 0 aromatic heterocycles. The van der Waals surface area contributed by atoms with Crippen molar-refractivity contribution in [3.05, 3.63) is 35.4 Å². The molecule has 18 heavy (non-hydrogen) atoms. The fourth-order valence-corrected chi connectivity index (χ4v) is 2.67. The van der Waals surface area contributed by atoms with E-state index in [-0.39, 0.29) is 0 Å². The fraction of sp³-hybridized carbons (Fsp3) is 0.625. The van der Waals surface area contributed by atoms with Crippen LogP contribution in [-0.2, 0) is 6.54 Å². The molecule has 0 bridgehead atoms. The van der Waals surface area contributed by atoms with Crippen LogP contribution < -0.4 is 5.73 Å². The largest absolute Gasteiger partial charge is 0.329 e. The predicted octanol–water partition coefficient (Wildman–Crippen LogP) is 3.19. The molecule has 0 fully saturated rings. The summed E-state index contributed by atoms with van der Waals surface area (Å²) >= 11 is 0. The lowest BCUT2D eigenvalue weighted by molar-refractivity contribution is 0.174. The molecule has 0 radical (unpaired) electrons. The zero-order chi connectivity index (χ0) is 13.5. The molecule has 0 spiro atoms. The fourth-order valence-electron chi connectivity index (χ4n) is 2.67. The summed E-state index contributed by atoms with van der Waals surface area (Å²) in [6, 6.07) is 9.08. The lowest BCUT2D eigenvalue weighted by atomic mass is 9.95. The molecule has 1 aromatic rings. The smallest absolute Gasteiger partial charge is 0.0244 e. The van der Waals surface area contributed by atoms with E-state index in [2.05, 4.69) is 57.0 Å². The molecule has 0 aliphatic heterocycles. The van der Waals surface area contributed by atoms with E-state index in [0.717, 1.165) is 13.1 Å². The van der Waals surface area contributed by atoms with Crippen molar-refractivity contribution in [2.45, 2.75) is 46.2 Å². The Morgan fingerprint density at radius 3 is 2.50 bits per heavy atom. The quantitative estimate of drug-likeness (QED) is 0.803. The van der Waals surface area contributed by atoms with Crippen LogP contribution in [0.15, 0.2) is 24.3 Å². The average molecular weight is 248 g/mol. The molecule has 2 nitrogen and oxygen atoms in total. The normalized spacial score (nSPS) is 14.8. The van der Waals surface area contributed by atoms with Gasteiger partial charge in [-0.3, -0.25) is 4.90 Å². The summed E-state index contributed by atoms with van der Waals surface area (Å²) in [5.74, 6) is 0.661. The van der Waals surface area contributed by atoms with E-state index < -0.39 is 0 Å². The van der Waals surface area contributed by atoms with E-state index in [1.54, 1.807) is 0 Å². The summed E-state index contributed by atoms with van der Waals surface area (Å²) in [7, 11) is 2.19. The maximum Gasteiger partial charge on any atom is 0.0244 e. The topological polar surface area (TPSA) is 29.3 Å². The maximum atomic E-state index is 5.95. The number of rotatable bonds is 7. The van der Waals surface area contributed by atoms with Gasteiger partial charge in [0.15, 0.2) is 0 Å². The summed E-state index contributed by atoms with van der Waals surface area (Å²) in [4.78, 5) is 2.41. The number of hydrogen-bond donors (Lipinski definition) is 1. The van der Waals surface area contributed by atoms with Crippen molar-refractivity contribution in [3.8, 4) is 0 Å². The second kappa shape index (κ2) is 7.55. The molecule has 0 heterocycles. The molecule has 2 atom stereocenters. The van der Waals surface area contributed by atoms with Crippen molar-refractivity contribution >= 4 is 0 Å². The predicted molar refractivity (Wildman–Crippen MR) is 79.6 cm³/mol. The van der Waals surface area contributed by atoms with Gasteiger partial charge in [0, 0.05) is 19.1 Å². The molecule has 1 aromatic carbocycles. The Morgan fingerprint density at radius 2 is 1.94 bits per heavy atom. The van der Waals surface area contributed by atoms with Crippen molar-refractivity contribution in [1.29, 1.82) is 0 Å². The third-order valence-corrected chi connectivity index (χ3v) is 3.89. The first-order valence-corrected chi connectivity index (χ1v) is 7.05. The van der Waals surface area contributed by atoms with Crippen LogP contribution in [0.2, 0.25) is 0 Å². The van der Waals surface area contributed by atoms with Gasteiger partial charge in [-0.25, -0.2) is 0 Å². The van der Waals surface area contributed by atoms with Gasteiger partial charge in [-0.1, -0.05) is 44.5 Å². The van der Waals surface area contributed by atoms with Crippen molar-refractivity contribution < 1.29 is 0 Å². The number of likely N-dealkylation sites (N-methyl/N-ethyl adjacent to an activating group) is 1. The van der Waals surface area contributed by atoms with Gasteiger partial charge in [0.1, 0.15) is 0 Å². The molecular weight excluding hydrogens is 220 g/mol. The third-order valence-electron chi connectivity index (χ3n) is 3.89. The Balaban J connectivity index is 2.68. The molecule has 0 aliphatic carbocycles. The van der Waals surface area contributed by atoms with Crippen molar-refractivity contribution in [2.75, 3.05) is 13.6 Å². The number of aryl methyl sites for hydroxylation is 1. The monoisotopic (exact) mass is 248 g/mol. The molecule has 102 valence electrons. The molecule has 2 N–H and O–H groups in total. The van der Waals surface area contributed by atoms with Gasteiger partial charge in [0.2, 0.25) is 0 Å². The van der Waals surface area contributed by atoms with Crippen LogP contribution in [0.1, 0.15) is 37.8 Å². The van der Waals surface area contributed by atoms with E-state index in [0.29, 0.717) is 12.0 Å². The number of benzene rings is 1. The van der Waals surface area contributed by atoms with Crippen LogP contribution in [0.4, 0.5) is 0 Å². The van der Waals surface area contributed by atoms with Crippen LogP contribution in [0.25, 0.3) is 0 Å². The van der Waals surface area contributed by atoms with Crippen LogP contribution in [0.5, 0.6) is 0 Å². The van der Waals surface area contributed by atoms with Gasteiger partial charge < -0.3 is 5.73 Å². The summed E-state index contributed by atoms with van der Waals surface area (Å²) in [5, 5.41) is 0. The van der Waals surface area contributed by atoms with E-state index in [1.807, 2.05) is 0 Å². The van der Waals surface area contributed by atoms with E-state index in [1.165, 1.54) is 24.0 Å². The number of hydrogen-bond acceptors (Lipinski definition) is 2. The van der Waals surface area contributed by atoms with E-state index >= 15 is 0 Å². The zero-order valence-electron chi connectivity index (χ0n) is 12.3. The summed E-state index contributed by atoms with van der Waals surface area (Å²) < 4.78 is 0. The van der Waals surface area contributed by atoms with Crippen LogP contribution >= 0.6 is 0 Å². The maximum absolute atomic E-state index is 5.95. The number of nitrogens with zero attached hydrogens (tertiary/aromatic N) is 1. The minimum Gasteiger partial charge on any atom is -0.329 e. The van der Waals surface area contributed by atoms with Gasteiger partial charge in [0.05, 0.1) is 0 Å². The zero-order valence-corrected chi connectivity index (χ0v) is 12.3. The van der Waals surface area contributed by atoms with E-state index in [4.69, 9.17) is 5.73 Å². The Labute approximate surface area is 112 Å². The first-order chi connectivity index (χ1) is 8.60. The molecule has 2 unspecified atom stereocenters. The highest BCUT2D eigenvalue weighted by Gasteiger charge is 2.20. The highest BCUT2D eigenvalue weighted by atomic mass is 15.1. The average Bonchev–Trinajstić information content (AvgIpc) is 2.33. The summed E-state index contributed by atoms with van der Waals surface area (Å²) in [6.45, 7) is 8.46. The Hall–Kier alpha value is -0.860. The Morgan fingerprint density at radius 1 is 1.28 bits per heavy atom. The van der Waals surface area contributed by atoms with Gasteiger partial charge in [-0.15, -0.1) is 0 Å². The van der Waals surface area contributed by atoms with Crippen LogP contribution in [0, 0.1) is 12.8 Å². The second-order valence-corrected chi connectivity index (χ2v) is 5.41. The molecule has 1 rings (SSSR count).